The number of halogens is 2. The molecule has 3 aromatic carbocycles. The van der Waals surface area contributed by atoms with Crippen LogP contribution in [0, 0.1) is 11.6 Å². The van der Waals surface area contributed by atoms with Crippen LogP contribution in [0.15, 0.2) is 90.5 Å². The second-order valence-corrected chi connectivity index (χ2v) is 9.56. The minimum atomic E-state index is -4.02. The first-order chi connectivity index (χ1) is 16.4. The number of hydrogen-bond acceptors (Lipinski definition) is 4. The van der Waals surface area contributed by atoms with Gasteiger partial charge in [-0.25, -0.2) is 21.2 Å². The van der Waals surface area contributed by atoms with E-state index >= 15 is 0 Å². The Balaban J connectivity index is 1.52. The average Bonchev–Trinajstić information content (AvgIpc) is 3.19. The highest BCUT2D eigenvalue weighted by Gasteiger charge is 2.21. The summed E-state index contributed by atoms with van der Waals surface area (Å²) in [6, 6.07) is 16.4. The van der Waals surface area contributed by atoms with E-state index in [0.29, 0.717) is 31.5 Å². The number of aromatic nitrogens is 1. The molecule has 4 aromatic rings. The third-order valence-corrected chi connectivity index (χ3v) is 7.04. The molecule has 34 heavy (non-hydrogen) atoms. The lowest BCUT2D eigenvalue weighted by Crippen LogP contribution is -2.16. The van der Waals surface area contributed by atoms with Crippen LogP contribution in [-0.2, 0) is 23.0 Å². The molecule has 0 aliphatic rings. The van der Waals surface area contributed by atoms with Gasteiger partial charge in [-0.15, -0.1) is 0 Å². The van der Waals surface area contributed by atoms with Gasteiger partial charge in [0.25, 0.3) is 10.0 Å². The number of ether oxygens (including phenoxy) is 1. The van der Waals surface area contributed by atoms with Crippen LogP contribution in [0.2, 0.25) is 0 Å². The van der Waals surface area contributed by atoms with Gasteiger partial charge in [0.1, 0.15) is 24.0 Å². The Hall–Kier alpha value is -3.49. The molecule has 0 bridgehead atoms. The van der Waals surface area contributed by atoms with Crippen molar-refractivity contribution in [1.82, 2.24) is 9.29 Å². The molecular formula is C26H24F2N2O3S. The molecule has 1 aromatic heterocycles. The van der Waals surface area contributed by atoms with Crippen molar-refractivity contribution < 1.29 is 21.9 Å². The second-order valence-electron chi connectivity index (χ2n) is 7.74. The molecule has 5 nitrogen and oxygen atoms in total. The summed E-state index contributed by atoms with van der Waals surface area (Å²) in [4.78, 5) is -0.0710. The molecule has 0 aliphatic heterocycles. The summed E-state index contributed by atoms with van der Waals surface area (Å²) in [5.41, 5.74) is 2.05. The van der Waals surface area contributed by atoms with Crippen LogP contribution in [0.1, 0.15) is 11.1 Å². The summed E-state index contributed by atoms with van der Waals surface area (Å²) >= 11 is 0. The largest absolute Gasteiger partial charge is 0.490 e. The topological polar surface area (TPSA) is 60.3 Å². The van der Waals surface area contributed by atoms with Gasteiger partial charge in [0, 0.05) is 18.1 Å². The van der Waals surface area contributed by atoms with Gasteiger partial charge in [0.05, 0.1) is 10.4 Å². The summed E-state index contributed by atoms with van der Waals surface area (Å²) in [5.74, 6) is -0.313. The molecule has 0 fully saturated rings. The number of benzene rings is 3. The first kappa shape index (κ1) is 23.7. The first-order valence-corrected chi connectivity index (χ1v) is 12.2. The summed E-state index contributed by atoms with van der Waals surface area (Å²) in [7, 11) is -4.02. The maximum Gasteiger partial charge on any atom is 0.268 e. The Morgan fingerprint density at radius 1 is 1.00 bits per heavy atom. The van der Waals surface area contributed by atoms with Gasteiger partial charge >= 0.3 is 0 Å². The highest BCUT2D eigenvalue weighted by molar-refractivity contribution is 7.90. The predicted octanol–water partition coefficient (Wildman–Crippen LogP) is 5.05. The van der Waals surface area contributed by atoms with E-state index in [2.05, 4.69) is 11.9 Å². The zero-order valence-electron chi connectivity index (χ0n) is 18.4. The minimum absolute atomic E-state index is 0.0710. The third-order valence-electron chi connectivity index (χ3n) is 5.35. The molecule has 0 spiro atoms. The van der Waals surface area contributed by atoms with Gasteiger partial charge in [0.15, 0.2) is 0 Å². The molecule has 0 saturated carbocycles. The molecule has 1 N–H and O–H groups in total. The van der Waals surface area contributed by atoms with E-state index in [9.17, 15) is 17.2 Å². The van der Waals surface area contributed by atoms with Crippen molar-refractivity contribution in [2.75, 3.05) is 13.2 Å². The summed E-state index contributed by atoms with van der Waals surface area (Å²) in [5, 5.41) is 3.99. The number of nitrogens with one attached hydrogen (secondary N) is 1. The maximum atomic E-state index is 14.0. The molecular weight excluding hydrogens is 458 g/mol. The summed E-state index contributed by atoms with van der Waals surface area (Å²) in [6.45, 7) is 5.25. The van der Waals surface area contributed by atoms with Crippen molar-refractivity contribution >= 4 is 20.9 Å². The molecule has 8 heteroatoms. The monoisotopic (exact) mass is 482 g/mol. The van der Waals surface area contributed by atoms with Crippen LogP contribution in [0.5, 0.6) is 5.75 Å². The lowest BCUT2D eigenvalue weighted by atomic mass is 10.1. The van der Waals surface area contributed by atoms with Crippen molar-refractivity contribution in [2.24, 2.45) is 0 Å². The SMILES string of the molecule is C=CCOc1cccc(CNCCc2cn(S(=O)(=O)c3ccc(F)cc3)c3cc(F)ccc23)c1. The fourth-order valence-corrected chi connectivity index (χ4v) is 5.10. The Kier molecular flexibility index (Phi) is 7.09. The van der Waals surface area contributed by atoms with Crippen molar-refractivity contribution in [2.45, 2.75) is 17.9 Å². The molecule has 0 atom stereocenters. The zero-order valence-corrected chi connectivity index (χ0v) is 19.2. The minimum Gasteiger partial charge on any atom is -0.490 e. The molecule has 176 valence electrons. The lowest BCUT2D eigenvalue weighted by Gasteiger charge is -2.08. The van der Waals surface area contributed by atoms with E-state index in [-0.39, 0.29) is 10.4 Å². The molecule has 0 saturated heterocycles. The van der Waals surface area contributed by atoms with Crippen molar-refractivity contribution in [3.05, 3.63) is 108 Å². The number of fused-ring (bicyclic) bond motifs is 1. The Morgan fingerprint density at radius 2 is 1.76 bits per heavy atom. The summed E-state index contributed by atoms with van der Waals surface area (Å²) in [6.07, 6.45) is 3.72. The Morgan fingerprint density at radius 3 is 2.53 bits per heavy atom. The smallest absolute Gasteiger partial charge is 0.268 e. The predicted molar refractivity (Wildman–Crippen MR) is 128 cm³/mol. The molecule has 0 unspecified atom stereocenters. The summed E-state index contributed by atoms with van der Waals surface area (Å²) < 4.78 is 60.3. The van der Waals surface area contributed by atoms with Crippen LogP contribution < -0.4 is 10.1 Å². The van der Waals surface area contributed by atoms with Crippen molar-refractivity contribution in [1.29, 1.82) is 0 Å². The van der Waals surface area contributed by atoms with Gasteiger partial charge in [-0.1, -0.05) is 24.8 Å². The van der Waals surface area contributed by atoms with Crippen LogP contribution in [0.4, 0.5) is 8.78 Å². The Bertz CT molecular complexity index is 1410. The van der Waals surface area contributed by atoms with Gasteiger partial charge in [-0.2, -0.15) is 0 Å². The van der Waals surface area contributed by atoms with Crippen LogP contribution >= 0.6 is 0 Å². The number of nitrogens with zero attached hydrogens (tertiary/aromatic N) is 1. The molecule has 1 heterocycles. The third kappa shape index (κ3) is 5.18. The normalized spacial score (nSPS) is 11.6. The number of hydrogen-bond donors (Lipinski definition) is 1. The van der Waals surface area contributed by atoms with Gasteiger partial charge in [-0.3, -0.25) is 0 Å². The fourth-order valence-electron chi connectivity index (χ4n) is 3.71. The second kappa shape index (κ2) is 10.2. The van der Waals surface area contributed by atoms with Crippen molar-refractivity contribution in [3.8, 4) is 5.75 Å². The van der Waals surface area contributed by atoms with Crippen LogP contribution in [0.3, 0.4) is 0 Å². The first-order valence-electron chi connectivity index (χ1n) is 10.7. The zero-order chi connectivity index (χ0) is 24.1. The van der Waals surface area contributed by atoms with E-state index in [1.165, 1.54) is 30.5 Å². The van der Waals surface area contributed by atoms with E-state index < -0.39 is 21.7 Å². The molecule has 0 radical (unpaired) electrons. The fraction of sp³-hybridized carbons (Fsp3) is 0.154. The lowest BCUT2D eigenvalue weighted by molar-refractivity contribution is 0.362. The van der Waals surface area contributed by atoms with Gasteiger partial charge in [-0.05, 0) is 78.7 Å². The highest BCUT2D eigenvalue weighted by Crippen LogP contribution is 2.27. The van der Waals surface area contributed by atoms with Gasteiger partial charge < -0.3 is 10.1 Å². The maximum absolute atomic E-state index is 14.0. The molecule has 4 rings (SSSR count). The van der Waals surface area contributed by atoms with Crippen molar-refractivity contribution in [3.63, 3.8) is 0 Å². The quantitative estimate of drug-likeness (QED) is 0.254. The van der Waals surface area contributed by atoms with E-state index in [4.69, 9.17) is 4.74 Å². The van der Waals surface area contributed by atoms with E-state index in [1.807, 2.05) is 24.3 Å². The average molecular weight is 483 g/mol. The van der Waals surface area contributed by atoms with E-state index in [1.54, 1.807) is 12.1 Å². The van der Waals surface area contributed by atoms with Gasteiger partial charge in [0.2, 0.25) is 0 Å². The van der Waals surface area contributed by atoms with E-state index in [0.717, 1.165) is 33.0 Å². The number of rotatable bonds is 10. The highest BCUT2D eigenvalue weighted by atomic mass is 32.2. The molecule has 0 aliphatic carbocycles. The molecule has 0 amide bonds. The Labute approximate surface area is 197 Å². The standard InChI is InChI=1S/C26H24F2N2O3S/c1-2-14-33-23-5-3-4-19(15-23)17-29-13-12-20-18-30(26-16-22(28)8-11-25(20)26)34(31,32)24-9-6-21(27)7-10-24/h2-11,15-16,18,29H,1,12-14,17H2. The van der Waals surface area contributed by atoms with Crippen LogP contribution in [-0.4, -0.2) is 25.5 Å². The van der Waals surface area contributed by atoms with Crippen LogP contribution in [0.25, 0.3) is 10.9 Å².